The fraction of sp³-hybridized carbons (Fsp3) is 0.357. The van der Waals surface area contributed by atoms with Gasteiger partial charge in [-0.3, -0.25) is 4.79 Å². The van der Waals surface area contributed by atoms with E-state index in [0.717, 1.165) is 10.9 Å². The van der Waals surface area contributed by atoms with Crippen molar-refractivity contribution in [3.8, 4) is 0 Å². The Bertz CT molecular complexity index is 555. The number of benzene rings is 1. The molecule has 0 bridgehead atoms. The third-order valence-corrected chi connectivity index (χ3v) is 2.94. The molecule has 4 nitrogen and oxygen atoms in total. The molecule has 0 saturated heterocycles. The summed E-state index contributed by atoms with van der Waals surface area (Å²) < 4.78 is 5.48. The lowest BCUT2D eigenvalue weighted by molar-refractivity contribution is 0.0889. The number of aryl methyl sites for hydroxylation is 1. The normalized spacial score (nSPS) is 12.6. The Kier molecular flexibility index (Phi) is 3.67. The number of furan rings is 1. The topological polar surface area (TPSA) is 62.5 Å². The van der Waals surface area contributed by atoms with Crippen LogP contribution in [0.5, 0.6) is 0 Å². The highest BCUT2D eigenvalue weighted by Gasteiger charge is 2.15. The fourth-order valence-electron chi connectivity index (χ4n) is 1.81. The van der Waals surface area contributed by atoms with Gasteiger partial charge in [-0.15, -0.1) is 0 Å². The summed E-state index contributed by atoms with van der Waals surface area (Å²) in [6.07, 6.45) is 0.682. The van der Waals surface area contributed by atoms with E-state index in [2.05, 4.69) is 5.32 Å². The molecule has 0 aliphatic carbocycles. The molecule has 0 radical (unpaired) electrons. The van der Waals surface area contributed by atoms with Crippen molar-refractivity contribution in [1.82, 2.24) is 5.32 Å². The standard InChI is InChI=1S/C14H17NO3/c1-3-11(8-16)15-14(17)13-7-10-6-9(2)4-5-12(10)18-13/h4-7,11,16H,3,8H2,1-2H3,(H,15,17)/t11-/m1/s1. The van der Waals surface area contributed by atoms with Gasteiger partial charge in [-0.2, -0.15) is 0 Å². The minimum atomic E-state index is -0.287. The number of rotatable bonds is 4. The van der Waals surface area contributed by atoms with Crippen LogP contribution in [0, 0.1) is 6.92 Å². The van der Waals surface area contributed by atoms with Crippen molar-refractivity contribution in [2.24, 2.45) is 0 Å². The quantitative estimate of drug-likeness (QED) is 0.871. The summed E-state index contributed by atoms with van der Waals surface area (Å²) in [5.41, 5.74) is 1.82. The van der Waals surface area contributed by atoms with Crippen LogP contribution in [0.25, 0.3) is 11.0 Å². The number of hydrogen-bond acceptors (Lipinski definition) is 3. The van der Waals surface area contributed by atoms with Gasteiger partial charge in [-0.1, -0.05) is 18.6 Å². The van der Waals surface area contributed by atoms with Gasteiger partial charge >= 0.3 is 0 Å². The van der Waals surface area contributed by atoms with Gasteiger partial charge in [0.15, 0.2) is 5.76 Å². The Labute approximate surface area is 106 Å². The van der Waals surface area contributed by atoms with Crippen molar-refractivity contribution in [2.75, 3.05) is 6.61 Å². The molecule has 0 spiro atoms. The zero-order valence-corrected chi connectivity index (χ0v) is 10.6. The molecule has 2 aromatic rings. The smallest absolute Gasteiger partial charge is 0.287 e. The number of hydrogen-bond donors (Lipinski definition) is 2. The number of fused-ring (bicyclic) bond motifs is 1. The van der Waals surface area contributed by atoms with E-state index >= 15 is 0 Å². The van der Waals surface area contributed by atoms with Crippen molar-refractivity contribution < 1.29 is 14.3 Å². The van der Waals surface area contributed by atoms with Gasteiger partial charge in [-0.25, -0.2) is 0 Å². The number of aliphatic hydroxyl groups is 1. The van der Waals surface area contributed by atoms with Gasteiger partial charge in [0, 0.05) is 5.39 Å². The van der Waals surface area contributed by atoms with Crippen molar-refractivity contribution in [3.63, 3.8) is 0 Å². The maximum absolute atomic E-state index is 11.9. The van der Waals surface area contributed by atoms with Gasteiger partial charge in [0.05, 0.1) is 12.6 Å². The molecule has 0 fully saturated rings. The summed E-state index contributed by atoms with van der Waals surface area (Å²) >= 11 is 0. The van der Waals surface area contributed by atoms with Crippen LogP contribution in [0.3, 0.4) is 0 Å². The van der Waals surface area contributed by atoms with E-state index in [1.54, 1.807) is 6.07 Å². The molecular formula is C14H17NO3. The number of carbonyl (C=O) groups is 1. The predicted molar refractivity (Wildman–Crippen MR) is 69.6 cm³/mol. The maximum Gasteiger partial charge on any atom is 0.287 e. The first-order valence-corrected chi connectivity index (χ1v) is 6.06. The van der Waals surface area contributed by atoms with Crippen LogP contribution < -0.4 is 5.32 Å². The van der Waals surface area contributed by atoms with Crippen LogP contribution in [0.15, 0.2) is 28.7 Å². The van der Waals surface area contributed by atoms with E-state index in [9.17, 15) is 4.79 Å². The average Bonchev–Trinajstić information content (AvgIpc) is 2.78. The molecule has 2 N–H and O–H groups in total. The Balaban J connectivity index is 2.23. The first-order valence-electron chi connectivity index (χ1n) is 6.06. The molecule has 18 heavy (non-hydrogen) atoms. The fourth-order valence-corrected chi connectivity index (χ4v) is 1.81. The summed E-state index contributed by atoms with van der Waals surface area (Å²) in [5, 5.41) is 12.7. The van der Waals surface area contributed by atoms with Crippen LogP contribution in [0.4, 0.5) is 0 Å². The van der Waals surface area contributed by atoms with Crippen LogP contribution in [-0.4, -0.2) is 23.7 Å². The Morgan fingerprint density at radius 3 is 2.89 bits per heavy atom. The van der Waals surface area contributed by atoms with Crippen LogP contribution >= 0.6 is 0 Å². The molecule has 1 aromatic heterocycles. The minimum Gasteiger partial charge on any atom is -0.451 e. The molecule has 1 heterocycles. The second kappa shape index (κ2) is 5.23. The van der Waals surface area contributed by atoms with Gasteiger partial charge in [0.25, 0.3) is 5.91 Å². The molecule has 0 aliphatic rings. The van der Waals surface area contributed by atoms with E-state index in [-0.39, 0.29) is 24.3 Å². The molecule has 0 saturated carbocycles. The van der Waals surface area contributed by atoms with Gasteiger partial charge < -0.3 is 14.8 Å². The van der Waals surface area contributed by atoms with Crippen molar-refractivity contribution in [3.05, 3.63) is 35.6 Å². The number of aliphatic hydroxyl groups excluding tert-OH is 1. The lowest BCUT2D eigenvalue weighted by Gasteiger charge is -2.12. The SMILES string of the molecule is CC[C@H](CO)NC(=O)c1cc2cc(C)ccc2o1. The van der Waals surface area contributed by atoms with E-state index in [0.29, 0.717) is 12.0 Å². The molecule has 0 unspecified atom stereocenters. The van der Waals surface area contributed by atoms with Crippen molar-refractivity contribution >= 4 is 16.9 Å². The summed E-state index contributed by atoms with van der Waals surface area (Å²) in [6.45, 7) is 3.83. The maximum atomic E-state index is 11.9. The Hall–Kier alpha value is -1.81. The molecule has 96 valence electrons. The van der Waals surface area contributed by atoms with E-state index in [4.69, 9.17) is 9.52 Å². The van der Waals surface area contributed by atoms with Gasteiger partial charge in [0.2, 0.25) is 0 Å². The number of nitrogens with one attached hydrogen (secondary N) is 1. The van der Waals surface area contributed by atoms with Crippen LogP contribution in [0.1, 0.15) is 29.5 Å². The highest BCUT2D eigenvalue weighted by Crippen LogP contribution is 2.20. The number of carbonyl (C=O) groups excluding carboxylic acids is 1. The van der Waals surface area contributed by atoms with E-state index in [1.165, 1.54) is 0 Å². The van der Waals surface area contributed by atoms with E-state index < -0.39 is 0 Å². The highest BCUT2D eigenvalue weighted by atomic mass is 16.3. The Morgan fingerprint density at radius 1 is 1.44 bits per heavy atom. The highest BCUT2D eigenvalue weighted by molar-refractivity contribution is 5.96. The zero-order valence-electron chi connectivity index (χ0n) is 10.6. The first-order chi connectivity index (χ1) is 8.63. The van der Waals surface area contributed by atoms with Gasteiger partial charge in [-0.05, 0) is 31.5 Å². The minimum absolute atomic E-state index is 0.0679. The second-order valence-electron chi connectivity index (χ2n) is 4.41. The van der Waals surface area contributed by atoms with Crippen LogP contribution in [0.2, 0.25) is 0 Å². The van der Waals surface area contributed by atoms with Crippen molar-refractivity contribution in [2.45, 2.75) is 26.3 Å². The van der Waals surface area contributed by atoms with Gasteiger partial charge in [0.1, 0.15) is 5.58 Å². The largest absolute Gasteiger partial charge is 0.451 e. The molecule has 1 atom stereocenters. The molecule has 1 aromatic carbocycles. The van der Waals surface area contributed by atoms with Crippen molar-refractivity contribution in [1.29, 1.82) is 0 Å². The third-order valence-electron chi connectivity index (χ3n) is 2.94. The summed E-state index contributed by atoms with van der Waals surface area (Å²) in [4.78, 5) is 11.9. The van der Waals surface area contributed by atoms with Crippen LogP contribution in [-0.2, 0) is 0 Å². The third kappa shape index (κ3) is 2.54. The monoisotopic (exact) mass is 247 g/mol. The number of amides is 1. The molecule has 1 amide bonds. The first kappa shape index (κ1) is 12.6. The summed E-state index contributed by atoms with van der Waals surface area (Å²) in [5.74, 6) is -0.00717. The van der Waals surface area contributed by atoms with E-state index in [1.807, 2.05) is 32.0 Å². The zero-order chi connectivity index (χ0) is 13.1. The Morgan fingerprint density at radius 2 is 2.22 bits per heavy atom. The summed E-state index contributed by atoms with van der Waals surface area (Å²) in [6, 6.07) is 7.26. The molecular weight excluding hydrogens is 230 g/mol. The predicted octanol–water partition coefficient (Wildman–Crippen LogP) is 2.24. The average molecular weight is 247 g/mol. The molecule has 0 aliphatic heterocycles. The lowest BCUT2D eigenvalue weighted by Crippen LogP contribution is -2.36. The lowest BCUT2D eigenvalue weighted by atomic mass is 10.2. The second-order valence-corrected chi connectivity index (χ2v) is 4.41. The molecule has 4 heteroatoms. The summed E-state index contributed by atoms with van der Waals surface area (Å²) in [7, 11) is 0. The molecule has 2 rings (SSSR count).